The molecule has 0 saturated carbocycles. The van der Waals surface area contributed by atoms with Gasteiger partial charge in [0.15, 0.2) is 0 Å². The zero-order valence-electron chi connectivity index (χ0n) is 12.3. The molecule has 0 aromatic heterocycles. The van der Waals surface area contributed by atoms with Gasteiger partial charge in [0.25, 0.3) is 0 Å². The molecule has 0 bridgehead atoms. The largest absolute Gasteiger partial charge is 0.491 e. The van der Waals surface area contributed by atoms with E-state index >= 15 is 0 Å². The number of urea groups is 1. The van der Waals surface area contributed by atoms with E-state index in [-0.39, 0.29) is 6.03 Å². The Labute approximate surface area is 125 Å². The monoisotopic (exact) mass is 284 g/mol. The molecule has 0 spiro atoms. The normalized spacial score (nSPS) is 10.2. The average molecular weight is 284 g/mol. The van der Waals surface area contributed by atoms with Gasteiger partial charge in [-0.15, -0.1) is 0 Å². The Morgan fingerprint density at radius 2 is 1.67 bits per heavy atom. The Kier molecular flexibility index (Phi) is 5.21. The van der Waals surface area contributed by atoms with Gasteiger partial charge >= 0.3 is 6.03 Å². The fraction of sp³-hybridized carbons (Fsp3) is 0.235. The number of carbonyl (C=O) groups excluding carboxylic acids is 1. The maximum atomic E-state index is 12.0. The molecule has 0 fully saturated rings. The standard InChI is InChI=1S/C17H20N2O2/c1-13(2)12-21-16-11-7-6-10-15(16)19-17(20)18-14-8-4-3-5-9-14/h3-11,13H,12H2,1-2H3,(H2,18,19,20). The maximum Gasteiger partial charge on any atom is 0.323 e. The zero-order chi connectivity index (χ0) is 15.1. The SMILES string of the molecule is CC(C)COc1ccccc1NC(=O)Nc1ccccc1. The van der Waals surface area contributed by atoms with Gasteiger partial charge in [0.05, 0.1) is 12.3 Å². The molecule has 0 radical (unpaired) electrons. The minimum Gasteiger partial charge on any atom is -0.491 e. The summed E-state index contributed by atoms with van der Waals surface area (Å²) in [6, 6.07) is 16.4. The van der Waals surface area contributed by atoms with E-state index in [1.54, 1.807) is 0 Å². The Morgan fingerprint density at radius 3 is 2.38 bits per heavy atom. The van der Waals surface area contributed by atoms with Gasteiger partial charge in [-0.2, -0.15) is 0 Å². The second-order valence-corrected chi connectivity index (χ2v) is 5.15. The number of hydrogen-bond acceptors (Lipinski definition) is 2. The molecular weight excluding hydrogens is 264 g/mol. The van der Waals surface area contributed by atoms with Crippen LogP contribution in [0, 0.1) is 5.92 Å². The van der Waals surface area contributed by atoms with Gasteiger partial charge in [0.1, 0.15) is 5.75 Å². The van der Waals surface area contributed by atoms with Gasteiger partial charge in [0, 0.05) is 5.69 Å². The Bertz CT molecular complexity index is 582. The number of hydrogen-bond donors (Lipinski definition) is 2. The number of amides is 2. The highest BCUT2D eigenvalue weighted by atomic mass is 16.5. The topological polar surface area (TPSA) is 50.4 Å². The van der Waals surface area contributed by atoms with Gasteiger partial charge < -0.3 is 15.4 Å². The first-order chi connectivity index (χ1) is 10.1. The summed E-state index contributed by atoms with van der Waals surface area (Å²) in [7, 11) is 0. The van der Waals surface area contributed by atoms with E-state index in [1.165, 1.54) is 0 Å². The second kappa shape index (κ2) is 7.33. The number of para-hydroxylation sites is 3. The van der Waals surface area contributed by atoms with Crippen molar-refractivity contribution >= 4 is 17.4 Å². The summed E-state index contributed by atoms with van der Waals surface area (Å²) in [6.45, 7) is 4.77. The molecule has 110 valence electrons. The van der Waals surface area contributed by atoms with Crippen LogP contribution in [0.1, 0.15) is 13.8 Å². The number of nitrogens with one attached hydrogen (secondary N) is 2. The molecule has 0 aliphatic rings. The van der Waals surface area contributed by atoms with Gasteiger partial charge in [-0.25, -0.2) is 4.79 Å². The van der Waals surface area contributed by atoms with Crippen LogP contribution in [0.2, 0.25) is 0 Å². The molecule has 0 heterocycles. The van der Waals surface area contributed by atoms with E-state index in [0.717, 1.165) is 5.69 Å². The first-order valence-corrected chi connectivity index (χ1v) is 7.00. The van der Waals surface area contributed by atoms with Crippen molar-refractivity contribution in [3.63, 3.8) is 0 Å². The third-order valence-electron chi connectivity index (χ3n) is 2.74. The molecule has 2 amide bonds. The number of anilines is 2. The molecule has 2 aromatic rings. The average Bonchev–Trinajstić information content (AvgIpc) is 2.47. The highest BCUT2D eigenvalue weighted by Gasteiger charge is 2.08. The van der Waals surface area contributed by atoms with Crippen molar-refractivity contribution in [1.29, 1.82) is 0 Å². The van der Waals surface area contributed by atoms with Crippen LogP contribution in [0.4, 0.5) is 16.2 Å². The maximum absolute atomic E-state index is 12.0. The van der Waals surface area contributed by atoms with Gasteiger partial charge in [-0.3, -0.25) is 0 Å². The lowest BCUT2D eigenvalue weighted by Gasteiger charge is -2.14. The van der Waals surface area contributed by atoms with Crippen molar-refractivity contribution in [2.75, 3.05) is 17.2 Å². The number of carbonyl (C=O) groups is 1. The van der Waals surface area contributed by atoms with Gasteiger partial charge in [-0.1, -0.05) is 44.2 Å². The predicted octanol–water partition coefficient (Wildman–Crippen LogP) is 4.37. The smallest absolute Gasteiger partial charge is 0.323 e. The third-order valence-corrected chi connectivity index (χ3v) is 2.74. The van der Waals surface area contributed by atoms with Crippen LogP contribution in [0.5, 0.6) is 5.75 Å². The van der Waals surface area contributed by atoms with Crippen LogP contribution in [0.15, 0.2) is 54.6 Å². The van der Waals surface area contributed by atoms with Gasteiger partial charge in [0.2, 0.25) is 0 Å². The number of ether oxygens (including phenoxy) is 1. The van der Waals surface area contributed by atoms with Crippen molar-refractivity contribution in [2.45, 2.75) is 13.8 Å². The lowest BCUT2D eigenvalue weighted by molar-refractivity contribution is 0.260. The minimum absolute atomic E-state index is 0.290. The summed E-state index contributed by atoms with van der Waals surface area (Å²) < 4.78 is 5.71. The fourth-order valence-electron chi connectivity index (χ4n) is 1.76. The lowest BCUT2D eigenvalue weighted by atomic mass is 10.2. The van der Waals surface area contributed by atoms with Crippen LogP contribution in [0.3, 0.4) is 0 Å². The molecule has 21 heavy (non-hydrogen) atoms. The Balaban J connectivity index is 2.00. The molecule has 2 N–H and O–H groups in total. The molecule has 4 heteroatoms. The molecule has 2 rings (SSSR count). The summed E-state index contributed by atoms with van der Waals surface area (Å²) in [5, 5.41) is 5.58. The van der Waals surface area contributed by atoms with Gasteiger partial charge in [-0.05, 0) is 30.2 Å². The first kappa shape index (κ1) is 14.9. The van der Waals surface area contributed by atoms with E-state index in [9.17, 15) is 4.79 Å². The quantitative estimate of drug-likeness (QED) is 0.856. The first-order valence-electron chi connectivity index (χ1n) is 7.00. The van der Waals surface area contributed by atoms with Crippen LogP contribution < -0.4 is 15.4 Å². The zero-order valence-corrected chi connectivity index (χ0v) is 12.3. The molecule has 2 aromatic carbocycles. The van der Waals surface area contributed by atoms with Crippen LogP contribution in [0.25, 0.3) is 0 Å². The molecule has 4 nitrogen and oxygen atoms in total. The highest BCUT2D eigenvalue weighted by molar-refractivity contribution is 6.00. The summed E-state index contributed by atoms with van der Waals surface area (Å²) >= 11 is 0. The fourth-order valence-corrected chi connectivity index (χ4v) is 1.76. The second-order valence-electron chi connectivity index (χ2n) is 5.15. The lowest BCUT2D eigenvalue weighted by Crippen LogP contribution is -2.20. The Morgan fingerprint density at radius 1 is 1.00 bits per heavy atom. The van der Waals surface area contributed by atoms with Crippen molar-refractivity contribution in [1.82, 2.24) is 0 Å². The van der Waals surface area contributed by atoms with Crippen molar-refractivity contribution < 1.29 is 9.53 Å². The summed E-state index contributed by atoms with van der Waals surface area (Å²) in [6.07, 6.45) is 0. The molecule has 0 atom stereocenters. The third kappa shape index (κ3) is 4.84. The van der Waals surface area contributed by atoms with Crippen molar-refractivity contribution in [2.24, 2.45) is 5.92 Å². The van der Waals surface area contributed by atoms with E-state index in [1.807, 2.05) is 54.6 Å². The minimum atomic E-state index is -0.290. The molecule has 0 aliphatic carbocycles. The molecule has 0 unspecified atom stereocenters. The summed E-state index contributed by atoms with van der Waals surface area (Å²) in [4.78, 5) is 12.0. The van der Waals surface area contributed by atoms with Crippen LogP contribution in [-0.4, -0.2) is 12.6 Å². The Hall–Kier alpha value is -2.49. The van der Waals surface area contributed by atoms with Crippen LogP contribution in [-0.2, 0) is 0 Å². The van der Waals surface area contributed by atoms with E-state index in [2.05, 4.69) is 24.5 Å². The van der Waals surface area contributed by atoms with Crippen molar-refractivity contribution in [3.05, 3.63) is 54.6 Å². The molecule has 0 aliphatic heterocycles. The van der Waals surface area contributed by atoms with E-state index < -0.39 is 0 Å². The van der Waals surface area contributed by atoms with E-state index in [0.29, 0.717) is 24.0 Å². The summed E-state index contributed by atoms with van der Waals surface area (Å²) in [5.41, 5.74) is 1.40. The summed E-state index contributed by atoms with van der Waals surface area (Å²) in [5.74, 6) is 1.10. The van der Waals surface area contributed by atoms with E-state index in [4.69, 9.17) is 4.74 Å². The number of benzene rings is 2. The number of rotatable bonds is 5. The van der Waals surface area contributed by atoms with Crippen LogP contribution >= 0.6 is 0 Å². The predicted molar refractivity (Wildman–Crippen MR) is 85.9 cm³/mol. The molecule has 0 saturated heterocycles. The molecular formula is C17H20N2O2. The van der Waals surface area contributed by atoms with Crippen molar-refractivity contribution in [3.8, 4) is 5.75 Å². The highest BCUT2D eigenvalue weighted by Crippen LogP contribution is 2.24.